The number of aryl methyl sites for hydroxylation is 1. The summed E-state index contributed by atoms with van der Waals surface area (Å²) in [5.41, 5.74) is 0.864. The van der Waals surface area contributed by atoms with E-state index >= 15 is 0 Å². The number of aromatic nitrogens is 2. The Morgan fingerprint density at radius 1 is 1.18 bits per heavy atom. The van der Waals surface area contributed by atoms with Crippen LogP contribution < -0.4 is 20.3 Å². The van der Waals surface area contributed by atoms with E-state index in [1.165, 1.54) is 18.8 Å². The summed E-state index contributed by atoms with van der Waals surface area (Å²) in [7, 11) is 3.02. The molecule has 0 bridgehead atoms. The quantitative estimate of drug-likeness (QED) is 0.642. The molecule has 146 valence electrons. The number of anilines is 1. The number of hydrogen-bond donors (Lipinski definition) is 1. The first-order valence-electron chi connectivity index (χ1n) is 8.54. The smallest absolute Gasteiger partial charge is 0.262 e. The highest BCUT2D eigenvalue weighted by Gasteiger charge is 2.15. The molecule has 8 heteroatoms. The Balaban J connectivity index is 1.94. The van der Waals surface area contributed by atoms with Crippen LogP contribution in [0.3, 0.4) is 0 Å². The predicted molar refractivity (Wildman–Crippen MR) is 111 cm³/mol. The van der Waals surface area contributed by atoms with E-state index in [9.17, 15) is 9.59 Å². The number of methoxy groups -OCH3 is 2. The molecule has 0 aliphatic rings. The third-order valence-electron chi connectivity index (χ3n) is 4.31. The van der Waals surface area contributed by atoms with Gasteiger partial charge in [-0.05, 0) is 37.4 Å². The Bertz CT molecular complexity index is 1090. The summed E-state index contributed by atoms with van der Waals surface area (Å²) in [6.07, 6.45) is 1.97. The van der Waals surface area contributed by atoms with Crippen LogP contribution in [0.1, 0.15) is 5.82 Å². The summed E-state index contributed by atoms with van der Waals surface area (Å²) < 4.78 is 11.9. The average Bonchev–Trinajstić information content (AvgIpc) is 2.70. The van der Waals surface area contributed by atoms with Crippen LogP contribution in [0, 0.1) is 6.92 Å². The summed E-state index contributed by atoms with van der Waals surface area (Å²) in [4.78, 5) is 30.9. The molecule has 3 rings (SSSR count). The van der Waals surface area contributed by atoms with Crippen molar-refractivity contribution in [1.82, 2.24) is 9.55 Å². The fraction of sp³-hybridized carbons (Fsp3) is 0.250. The molecule has 0 spiro atoms. The van der Waals surface area contributed by atoms with Crippen LogP contribution in [0.5, 0.6) is 11.5 Å². The number of nitrogens with zero attached hydrogens (tertiary/aromatic N) is 2. The zero-order chi connectivity index (χ0) is 20.3. The summed E-state index contributed by atoms with van der Waals surface area (Å²) in [5.74, 6) is 1.07. The molecule has 28 heavy (non-hydrogen) atoms. The van der Waals surface area contributed by atoms with Crippen molar-refractivity contribution in [2.75, 3.05) is 25.8 Å². The Morgan fingerprint density at radius 3 is 2.57 bits per heavy atom. The van der Waals surface area contributed by atoms with Gasteiger partial charge in [0.05, 0.1) is 25.1 Å². The van der Waals surface area contributed by atoms with Crippen molar-refractivity contribution < 1.29 is 14.3 Å². The Labute approximate surface area is 166 Å². The van der Waals surface area contributed by atoms with Gasteiger partial charge >= 0.3 is 0 Å². The second-order valence-corrected chi connectivity index (χ2v) is 6.93. The van der Waals surface area contributed by atoms with E-state index in [4.69, 9.17) is 9.47 Å². The van der Waals surface area contributed by atoms with Gasteiger partial charge in [0.25, 0.3) is 5.56 Å². The first-order chi connectivity index (χ1) is 13.5. The summed E-state index contributed by atoms with van der Waals surface area (Å²) in [6.45, 7) is 1.56. The molecule has 1 N–H and O–H groups in total. The number of benzene rings is 2. The van der Waals surface area contributed by atoms with Crippen molar-refractivity contribution in [2.24, 2.45) is 0 Å². The van der Waals surface area contributed by atoms with Gasteiger partial charge in [0.15, 0.2) is 11.5 Å². The van der Waals surface area contributed by atoms with Gasteiger partial charge in [0, 0.05) is 16.6 Å². The highest BCUT2D eigenvalue weighted by atomic mass is 32.2. The Morgan fingerprint density at radius 2 is 1.89 bits per heavy atom. The molecule has 1 amide bonds. The number of amides is 1. The molecule has 0 atom stereocenters. The SMILES string of the molecule is COc1cc2nc(C)n(CC(=O)Nc3cccc(SC)c3)c(=O)c2cc1OC. The number of hydrogen-bond acceptors (Lipinski definition) is 6. The lowest BCUT2D eigenvalue weighted by Crippen LogP contribution is -2.30. The lowest BCUT2D eigenvalue weighted by Gasteiger charge is -2.13. The largest absolute Gasteiger partial charge is 0.493 e. The maximum atomic E-state index is 12.9. The summed E-state index contributed by atoms with van der Waals surface area (Å²) >= 11 is 1.59. The highest BCUT2D eigenvalue weighted by molar-refractivity contribution is 7.98. The molecule has 7 nitrogen and oxygen atoms in total. The number of rotatable bonds is 6. The minimum Gasteiger partial charge on any atom is -0.493 e. The van der Waals surface area contributed by atoms with E-state index in [-0.39, 0.29) is 18.0 Å². The topological polar surface area (TPSA) is 82.5 Å². The van der Waals surface area contributed by atoms with E-state index < -0.39 is 0 Å². The van der Waals surface area contributed by atoms with Crippen molar-refractivity contribution in [3.05, 3.63) is 52.6 Å². The van der Waals surface area contributed by atoms with Crippen LogP contribution in [-0.2, 0) is 11.3 Å². The van der Waals surface area contributed by atoms with E-state index in [2.05, 4.69) is 10.3 Å². The number of fused-ring (bicyclic) bond motifs is 1. The van der Waals surface area contributed by atoms with Crippen LogP contribution in [-0.4, -0.2) is 35.9 Å². The van der Waals surface area contributed by atoms with E-state index in [1.807, 2.05) is 30.5 Å². The van der Waals surface area contributed by atoms with Crippen molar-refractivity contribution in [3.8, 4) is 11.5 Å². The lowest BCUT2D eigenvalue weighted by atomic mass is 10.2. The molecular formula is C20H21N3O4S. The van der Waals surface area contributed by atoms with Gasteiger partial charge in [-0.1, -0.05) is 6.07 Å². The molecule has 0 radical (unpaired) electrons. The zero-order valence-corrected chi connectivity index (χ0v) is 16.9. The van der Waals surface area contributed by atoms with Crippen LogP contribution >= 0.6 is 11.8 Å². The number of ether oxygens (including phenoxy) is 2. The van der Waals surface area contributed by atoms with Gasteiger partial charge in [0.2, 0.25) is 5.91 Å². The third kappa shape index (κ3) is 3.96. The molecule has 0 aliphatic heterocycles. The van der Waals surface area contributed by atoms with Crippen LogP contribution in [0.15, 0.2) is 46.1 Å². The summed E-state index contributed by atoms with van der Waals surface area (Å²) in [6, 6.07) is 10.8. The molecule has 0 aliphatic carbocycles. The lowest BCUT2D eigenvalue weighted by molar-refractivity contribution is -0.116. The van der Waals surface area contributed by atoms with Crippen LogP contribution in [0.25, 0.3) is 10.9 Å². The zero-order valence-electron chi connectivity index (χ0n) is 16.1. The molecule has 3 aromatic rings. The van der Waals surface area contributed by atoms with Gasteiger partial charge in [-0.15, -0.1) is 11.8 Å². The second kappa shape index (κ2) is 8.35. The first kappa shape index (κ1) is 19.8. The standard InChI is InChI=1S/C20H21N3O4S/c1-12-21-16-10-18(27-3)17(26-2)9-15(16)20(25)23(12)11-19(24)22-13-6-5-7-14(8-13)28-4/h5-10H,11H2,1-4H3,(H,22,24). The molecule has 0 saturated carbocycles. The number of carbonyl (C=O) groups is 1. The summed E-state index contributed by atoms with van der Waals surface area (Å²) in [5, 5.41) is 3.19. The fourth-order valence-corrected chi connectivity index (χ4v) is 3.35. The normalized spacial score (nSPS) is 10.7. The molecular weight excluding hydrogens is 378 g/mol. The molecule has 0 unspecified atom stereocenters. The van der Waals surface area contributed by atoms with Gasteiger partial charge in [-0.25, -0.2) is 4.98 Å². The third-order valence-corrected chi connectivity index (χ3v) is 5.03. The van der Waals surface area contributed by atoms with E-state index in [1.54, 1.807) is 30.8 Å². The number of thioether (sulfide) groups is 1. The van der Waals surface area contributed by atoms with Crippen LogP contribution in [0.4, 0.5) is 5.69 Å². The van der Waals surface area contributed by atoms with Gasteiger partial charge in [-0.3, -0.25) is 14.2 Å². The minimum absolute atomic E-state index is 0.133. The van der Waals surface area contributed by atoms with Crippen molar-refractivity contribution >= 4 is 34.3 Å². The van der Waals surface area contributed by atoms with Gasteiger partial charge in [-0.2, -0.15) is 0 Å². The monoisotopic (exact) mass is 399 g/mol. The maximum absolute atomic E-state index is 12.9. The first-order valence-corrected chi connectivity index (χ1v) is 9.76. The van der Waals surface area contributed by atoms with Gasteiger partial charge in [0.1, 0.15) is 12.4 Å². The number of nitrogens with one attached hydrogen (secondary N) is 1. The maximum Gasteiger partial charge on any atom is 0.262 e. The molecule has 0 saturated heterocycles. The van der Waals surface area contributed by atoms with Gasteiger partial charge < -0.3 is 14.8 Å². The van der Waals surface area contributed by atoms with Crippen LogP contribution in [0.2, 0.25) is 0 Å². The second-order valence-electron chi connectivity index (χ2n) is 6.05. The Kier molecular flexibility index (Phi) is 5.89. The predicted octanol–water partition coefficient (Wildman–Crippen LogP) is 3.08. The fourth-order valence-electron chi connectivity index (χ4n) is 2.89. The average molecular weight is 399 g/mol. The highest BCUT2D eigenvalue weighted by Crippen LogP contribution is 2.30. The van der Waals surface area contributed by atoms with Crippen molar-refractivity contribution in [1.29, 1.82) is 0 Å². The molecule has 2 aromatic carbocycles. The van der Waals surface area contributed by atoms with Crippen molar-refractivity contribution in [3.63, 3.8) is 0 Å². The molecule has 1 heterocycles. The Hall–Kier alpha value is -3.00. The van der Waals surface area contributed by atoms with E-state index in [0.29, 0.717) is 33.9 Å². The van der Waals surface area contributed by atoms with E-state index in [0.717, 1.165) is 4.90 Å². The van der Waals surface area contributed by atoms with Crippen molar-refractivity contribution in [2.45, 2.75) is 18.4 Å². The minimum atomic E-state index is -0.309. The molecule has 0 fully saturated rings. The number of carbonyl (C=O) groups excluding carboxylic acids is 1. The molecule has 1 aromatic heterocycles.